The molecule has 136 valence electrons. The molecule has 0 aliphatic rings. The molecule has 0 aromatic heterocycles. The Morgan fingerprint density at radius 1 is 1.31 bits per heavy atom. The third-order valence-corrected chi connectivity index (χ3v) is 4.56. The molecule has 6 heteroatoms. The Bertz CT molecular complexity index is 756. The van der Waals surface area contributed by atoms with Crippen LogP contribution in [0.25, 0.3) is 0 Å². The van der Waals surface area contributed by atoms with Gasteiger partial charge in [0.2, 0.25) is 5.91 Å². The average Bonchev–Trinajstić information content (AvgIpc) is 2.65. The van der Waals surface area contributed by atoms with Crippen molar-refractivity contribution in [1.29, 1.82) is 5.26 Å². The second-order valence-electron chi connectivity index (χ2n) is 5.89. The van der Waals surface area contributed by atoms with E-state index < -0.39 is 6.10 Å². The Labute approximate surface area is 158 Å². The highest BCUT2D eigenvalue weighted by atomic mass is 32.2. The molecule has 1 unspecified atom stereocenters. The van der Waals surface area contributed by atoms with Crippen molar-refractivity contribution < 1.29 is 14.6 Å². The van der Waals surface area contributed by atoms with Crippen molar-refractivity contribution in [2.24, 2.45) is 0 Å². The summed E-state index contributed by atoms with van der Waals surface area (Å²) in [6.45, 7) is 2.25. The van der Waals surface area contributed by atoms with E-state index >= 15 is 0 Å². The van der Waals surface area contributed by atoms with Crippen LogP contribution in [0.1, 0.15) is 16.7 Å². The van der Waals surface area contributed by atoms with Crippen LogP contribution in [0.15, 0.2) is 48.5 Å². The lowest BCUT2D eigenvalue weighted by Gasteiger charge is -2.13. The largest absolute Gasteiger partial charge is 0.491 e. The topological polar surface area (TPSA) is 82.3 Å². The fourth-order valence-corrected chi connectivity index (χ4v) is 2.99. The molecule has 0 radical (unpaired) electrons. The van der Waals surface area contributed by atoms with E-state index in [1.165, 1.54) is 11.8 Å². The van der Waals surface area contributed by atoms with E-state index in [2.05, 4.69) is 11.4 Å². The molecule has 0 heterocycles. The second-order valence-corrected chi connectivity index (χ2v) is 6.87. The van der Waals surface area contributed by atoms with E-state index in [4.69, 9.17) is 10.00 Å². The van der Waals surface area contributed by atoms with Gasteiger partial charge in [-0.15, -0.1) is 11.8 Å². The number of rotatable bonds is 9. The zero-order valence-electron chi connectivity index (χ0n) is 14.6. The maximum atomic E-state index is 11.8. The normalized spacial score (nSPS) is 11.4. The molecule has 2 aromatic rings. The standard InChI is InChI=1S/C20H22N2O3S/c1-15-3-2-4-19(9-15)25-12-18(23)11-22-20(24)14-26-13-17-7-5-16(10-21)6-8-17/h2-9,18,23H,11-14H2,1H3,(H,22,24). The van der Waals surface area contributed by atoms with Crippen LogP contribution in [0.3, 0.4) is 0 Å². The number of thioether (sulfide) groups is 1. The summed E-state index contributed by atoms with van der Waals surface area (Å²) in [5.74, 6) is 1.58. The number of aryl methyl sites for hydroxylation is 1. The van der Waals surface area contributed by atoms with Gasteiger partial charge in [-0.2, -0.15) is 5.26 Å². The first kappa shape index (κ1) is 19.8. The Hall–Kier alpha value is -2.49. The summed E-state index contributed by atoms with van der Waals surface area (Å²) in [4.78, 5) is 11.8. The monoisotopic (exact) mass is 370 g/mol. The van der Waals surface area contributed by atoms with Crippen LogP contribution >= 0.6 is 11.8 Å². The van der Waals surface area contributed by atoms with Gasteiger partial charge in [0.1, 0.15) is 18.5 Å². The number of benzene rings is 2. The number of amides is 1. The third-order valence-electron chi connectivity index (χ3n) is 3.55. The minimum absolute atomic E-state index is 0.127. The molecule has 1 atom stereocenters. The summed E-state index contributed by atoms with van der Waals surface area (Å²) < 4.78 is 5.51. The number of carbonyl (C=O) groups is 1. The lowest BCUT2D eigenvalue weighted by molar-refractivity contribution is -0.119. The summed E-state index contributed by atoms with van der Waals surface area (Å²) >= 11 is 1.48. The van der Waals surface area contributed by atoms with E-state index in [1.807, 2.05) is 43.3 Å². The summed E-state index contributed by atoms with van der Waals surface area (Å²) in [5.41, 5.74) is 2.77. The van der Waals surface area contributed by atoms with Crippen LogP contribution in [0, 0.1) is 18.3 Å². The van der Waals surface area contributed by atoms with Gasteiger partial charge >= 0.3 is 0 Å². The van der Waals surface area contributed by atoms with Crippen LogP contribution in [0.2, 0.25) is 0 Å². The van der Waals surface area contributed by atoms with E-state index in [0.29, 0.717) is 22.8 Å². The Balaban J connectivity index is 1.60. The van der Waals surface area contributed by atoms with Gasteiger partial charge in [0, 0.05) is 12.3 Å². The molecule has 26 heavy (non-hydrogen) atoms. The molecule has 0 aliphatic heterocycles. The molecular formula is C20H22N2O3S. The molecule has 2 aromatic carbocycles. The van der Waals surface area contributed by atoms with Gasteiger partial charge in [-0.1, -0.05) is 24.3 Å². The fraction of sp³-hybridized carbons (Fsp3) is 0.300. The van der Waals surface area contributed by atoms with Crippen LogP contribution in [0.5, 0.6) is 5.75 Å². The molecule has 0 fully saturated rings. The van der Waals surface area contributed by atoms with E-state index in [-0.39, 0.29) is 19.1 Å². The number of ether oxygens (including phenoxy) is 1. The van der Waals surface area contributed by atoms with E-state index in [1.54, 1.807) is 12.1 Å². The smallest absolute Gasteiger partial charge is 0.230 e. The summed E-state index contributed by atoms with van der Waals surface area (Å²) in [5, 5.41) is 21.4. The Morgan fingerprint density at radius 2 is 2.08 bits per heavy atom. The molecular weight excluding hydrogens is 348 g/mol. The number of aliphatic hydroxyl groups excluding tert-OH is 1. The quantitative estimate of drug-likeness (QED) is 0.709. The molecule has 0 bridgehead atoms. The van der Waals surface area contributed by atoms with E-state index in [0.717, 1.165) is 11.1 Å². The van der Waals surface area contributed by atoms with Crippen molar-refractivity contribution in [3.8, 4) is 11.8 Å². The van der Waals surface area contributed by atoms with Gasteiger partial charge in [-0.25, -0.2) is 0 Å². The van der Waals surface area contributed by atoms with Crippen LogP contribution in [-0.4, -0.2) is 36.0 Å². The first-order valence-corrected chi connectivity index (χ1v) is 9.43. The van der Waals surface area contributed by atoms with Gasteiger partial charge in [-0.3, -0.25) is 4.79 Å². The predicted octanol–water partition coefficient (Wildman–Crippen LogP) is 2.66. The number of hydrogen-bond acceptors (Lipinski definition) is 5. The van der Waals surface area contributed by atoms with Crippen molar-refractivity contribution in [2.45, 2.75) is 18.8 Å². The summed E-state index contributed by atoms with van der Waals surface area (Å²) in [7, 11) is 0. The SMILES string of the molecule is Cc1cccc(OCC(O)CNC(=O)CSCc2ccc(C#N)cc2)c1. The number of carbonyl (C=O) groups excluding carboxylic acids is 1. The number of aliphatic hydroxyl groups is 1. The van der Waals surface area contributed by atoms with Gasteiger partial charge in [0.25, 0.3) is 0 Å². The number of nitrogens with zero attached hydrogens (tertiary/aromatic N) is 1. The number of nitriles is 1. The van der Waals surface area contributed by atoms with Gasteiger partial charge in [0.05, 0.1) is 17.4 Å². The second kappa shape index (κ2) is 10.5. The van der Waals surface area contributed by atoms with Crippen molar-refractivity contribution in [1.82, 2.24) is 5.32 Å². The van der Waals surface area contributed by atoms with Gasteiger partial charge in [-0.05, 0) is 42.3 Å². The first-order valence-electron chi connectivity index (χ1n) is 8.28. The first-order chi connectivity index (χ1) is 12.6. The maximum Gasteiger partial charge on any atom is 0.230 e. The summed E-state index contributed by atoms with van der Waals surface area (Å²) in [6, 6.07) is 17.0. The van der Waals surface area contributed by atoms with Crippen molar-refractivity contribution in [2.75, 3.05) is 18.9 Å². The highest BCUT2D eigenvalue weighted by Crippen LogP contribution is 2.13. The molecule has 2 rings (SSSR count). The molecule has 1 amide bonds. The third kappa shape index (κ3) is 7.18. The minimum Gasteiger partial charge on any atom is -0.491 e. The average molecular weight is 370 g/mol. The lowest BCUT2D eigenvalue weighted by Crippen LogP contribution is -2.36. The van der Waals surface area contributed by atoms with Crippen molar-refractivity contribution >= 4 is 17.7 Å². The van der Waals surface area contributed by atoms with Crippen LogP contribution in [0.4, 0.5) is 0 Å². The minimum atomic E-state index is -0.761. The lowest BCUT2D eigenvalue weighted by atomic mass is 10.2. The molecule has 0 saturated heterocycles. The zero-order chi connectivity index (χ0) is 18.8. The molecule has 0 aliphatic carbocycles. The fourth-order valence-electron chi connectivity index (χ4n) is 2.18. The molecule has 0 saturated carbocycles. The maximum absolute atomic E-state index is 11.8. The van der Waals surface area contributed by atoms with Crippen molar-refractivity contribution in [3.63, 3.8) is 0 Å². The summed E-state index contributed by atoms with van der Waals surface area (Å²) in [6.07, 6.45) is -0.761. The molecule has 5 nitrogen and oxygen atoms in total. The van der Waals surface area contributed by atoms with Gasteiger partial charge in [0.15, 0.2) is 0 Å². The number of nitrogens with one attached hydrogen (secondary N) is 1. The van der Waals surface area contributed by atoms with E-state index in [9.17, 15) is 9.90 Å². The van der Waals surface area contributed by atoms with Crippen LogP contribution in [-0.2, 0) is 10.5 Å². The molecule has 0 spiro atoms. The van der Waals surface area contributed by atoms with Crippen molar-refractivity contribution in [3.05, 3.63) is 65.2 Å². The molecule has 2 N–H and O–H groups in total. The zero-order valence-corrected chi connectivity index (χ0v) is 15.5. The Kier molecular flexibility index (Phi) is 8.00. The highest BCUT2D eigenvalue weighted by molar-refractivity contribution is 7.99. The highest BCUT2D eigenvalue weighted by Gasteiger charge is 2.08. The number of hydrogen-bond donors (Lipinski definition) is 2. The van der Waals surface area contributed by atoms with Crippen LogP contribution < -0.4 is 10.1 Å². The predicted molar refractivity (Wildman–Crippen MR) is 103 cm³/mol. The Morgan fingerprint density at radius 3 is 2.77 bits per heavy atom. The van der Waals surface area contributed by atoms with Gasteiger partial charge < -0.3 is 15.2 Å².